The quantitative estimate of drug-likeness (QED) is 0.862. The molecule has 114 valence electrons. The van der Waals surface area contributed by atoms with Gasteiger partial charge in [0.05, 0.1) is 13.0 Å². The van der Waals surface area contributed by atoms with Gasteiger partial charge in [-0.25, -0.2) is 0 Å². The number of amides is 1. The van der Waals surface area contributed by atoms with E-state index in [1.807, 2.05) is 47.4 Å². The number of likely N-dealkylation sites (tertiary alicyclic amines) is 1. The van der Waals surface area contributed by atoms with Gasteiger partial charge in [0.2, 0.25) is 5.91 Å². The van der Waals surface area contributed by atoms with Crippen LogP contribution in [0.4, 0.5) is 0 Å². The van der Waals surface area contributed by atoms with Gasteiger partial charge in [0.1, 0.15) is 5.75 Å². The highest BCUT2D eigenvalue weighted by molar-refractivity contribution is 5.84. The lowest BCUT2D eigenvalue weighted by Gasteiger charge is -2.32. The van der Waals surface area contributed by atoms with E-state index >= 15 is 0 Å². The number of benzene rings is 2. The number of carbonyl (C=O) groups excluding carboxylic acids is 1. The molecule has 1 unspecified atom stereocenters. The van der Waals surface area contributed by atoms with Crippen molar-refractivity contribution in [2.75, 3.05) is 13.7 Å². The van der Waals surface area contributed by atoms with Gasteiger partial charge >= 0.3 is 0 Å². The molecule has 1 aliphatic rings. The van der Waals surface area contributed by atoms with Crippen LogP contribution in [0.15, 0.2) is 54.6 Å². The van der Waals surface area contributed by atoms with Gasteiger partial charge in [-0.1, -0.05) is 42.5 Å². The van der Waals surface area contributed by atoms with E-state index < -0.39 is 0 Å². The summed E-state index contributed by atoms with van der Waals surface area (Å²) >= 11 is 0. The standard InChI is InChI=1S/C19H21NO2/c1-22-17-10-5-9-16(13-17)18-11-6-12-20(19(18)21)14-15-7-3-2-4-8-15/h2-5,7-10,13,18H,6,11-12,14H2,1H3. The van der Waals surface area contributed by atoms with Gasteiger partial charge in [0, 0.05) is 13.1 Å². The molecule has 3 heteroatoms. The van der Waals surface area contributed by atoms with Crippen LogP contribution in [-0.2, 0) is 11.3 Å². The number of hydrogen-bond acceptors (Lipinski definition) is 2. The fourth-order valence-electron chi connectivity index (χ4n) is 3.07. The zero-order chi connectivity index (χ0) is 15.4. The predicted octanol–water partition coefficient (Wildman–Crippen LogP) is 3.60. The maximum Gasteiger partial charge on any atom is 0.230 e. The summed E-state index contributed by atoms with van der Waals surface area (Å²) in [7, 11) is 1.66. The third-order valence-corrected chi connectivity index (χ3v) is 4.24. The molecular weight excluding hydrogens is 274 g/mol. The Morgan fingerprint density at radius 3 is 2.73 bits per heavy atom. The van der Waals surface area contributed by atoms with Crippen LogP contribution < -0.4 is 4.74 Å². The molecule has 2 aromatic rings. The Kier molecular flexibility index (Phi) is 4.42. The topological polar surface area (TPSA) is 29.5 Å². The molecule has 0 aliphatic carbocycles. The van der Waals surface area contributed by atoms with Crippen molar-refractivity contribution in [3.8, 4) is 5.75 Å². The van der Waals surface area contributed by atoms with Gasteiger partial charge in [-0.15, -0.1) is 0 Å². The first-order valence-electron chi connectivity index (χ1n) is 7.74. The zero-order valence-electron chi connectivity index (χ0n) is 12.9. The van der Waals surface area contributed by atoms with E-state index in [9.17, 15) is 4.79 Å². The van der Waals surface area contributed by atoms with Crippen molar-refractivity contribution in [1.29, 1.82) is 0 Å². The summed E-state index contributed by atoms with van der Waals surface area (Å²) in [5, 5.41) is 0. The fraction of sp³-hybridized carbons (Fsp3) is 0.316. The van der Waals surface area contributed by atoms with E-state index in [1.165, 1.54) is 5.56 Å². The minimum Gasteiger partial charge on any atom is -0.497 e. The molecule has 3 nitrogen and oxygen atoms in total. The van der Waals surface area contributed by atoms with Crippen LogP contribution in [-0.4, -0.2) is 24.5 Å². The number of ether oxygens (including phenoxy) is 1. The van der Waals surface area contributed by atoms with Crippen molar-refractivity contribution in [3.05, 3.63) is 65.7 Å². The monoisotopic (exact) mass is 295 g/mol. The van der Waals surface area contributed by atoms with E-state index in [1.54, 1.807) is 7.11 Å². The van der Waals surface area contributed by atoms with Crippen LogP contribution in [0.25, 0.3) is 0 Å². The SMILES string of the molecule is COc1cccc(C2CCCN(Cc3ccccc3)C2=O)c1. The van der Waals surface area contributed by atoms with Crippen molar-refractivity contribution >= 4 is 5.91 Å². The summed E-state index contributed by atoms with van der Waals surface area (Å²) in [6, 6.07) is 18.1. The van der Waals surface area contributed by atoms with E-state index in [0.717, 1.165) is 30.7 Å². The fourth-order valence-corrected chi connectivity index (χ4v) is 3.07. The zero-order valence-corrected chi connectivity index (χ0v) is 12.9. The number of rotatable bonds is 4. The van der Waals surface area contributed by atoms with Crippen LogP contribution in [0.3, 0.4) is 0 Å². The van der Waals surface area contributed by atoms with Crippen molar-refractivity contribution in [1.82, 2.24) is 4.90 Å². The molecule has 1 heterocycles. The second kappa shape index (κ2) is 6.65. The Balaban J connectivity index is 1.77. The molecule has 1 fully saturated rings. The van der Waals surface area contributed by atoms with E-state index in [2.05, 4.69) is 12.1 Å². The number of hydrogen-bond donors (Lipinski definition) is 0. The molecule has 2 aromatic carbocycles. The molecule has 0 N–H and O–H groups in total. The average Bonchev–Trinajstić information content (AvgIpc) is 2.58. The summed E-state index contributed by atoms with van der Waals surface area (Å²) in [6.07, 6.45) is 1.96. The van der Waals surface area contributed by atoms with Crippen LogP contribution in [0.2, 0.25) is 0 Å². The largest absolute Gasteiger partial charge is 0.497 e. The van der Waals surface area contributed by atoms with E-state index in [-0.39, 0.29) is 11.8 Å². The van der Waals surface area contributed by atoms with Crippen molar-refractivity contribution in [2.24, 2.45) is 0 Å². The molecular formula is C19H21NO2. The van der Waals surface area contributed by atoms with E-state index in [4.69, 9.17) is 4.74 Å². The predicted molar refractivity (Wildman–Crippen MR) is 86.8 cm³/mol. The summed E-state index contributed by atoms with van der Waals surface area (Å²) in [5.41, 5.74) is 2.24. The Morgan fingerprint density at radius 2 is 1.95 bits per heavy atom. The molecule has 0 spiro atoms. The van der Waals surface area contributed by atoms with Crippen molar-refractivity contribution in [3.63, 3.8) is 0 Å². The van der Waals surface area contributed by atoms with Gasteiger partial charge in [-0.2, -0.15) is 0 Å². The molecule has 0 bridgehead atoms. The molecule has 1 aliphatic heterocycles. The van der Waals surface area contributed by atoms with Gasteiger partial charge in [-0.3, -0.25) is 4.79 Å². The Bertz CT molecular complexity index is 639. The lowest BCUT2D eigenvalue weighted by atomic mass is 9.89. The van der Waals surface area contributed by atoms with E-state index in [0.29, 0.717) is 6.54 Å². The highest BCUT2D eigenvalue weighted by atomic mass is 16.5. The summed E-state index contributed by atoms with van der Waals surface area (Å²) in [6.45, 7) is 1.54. The van der Waals surface area contributed by atoms with Crippen LogP contribution >= 0.6 is 0 Å². The highest BCUT2D eigenvalue weighted by Crippen LogP contribution is 2.30. The van der Waals surface area contributed by atoms with Crippen LogP contribution in [0.1, 0.15) is 29.9 Å². The molecule has 1 saturated heterocycles. The number of piperidine rings is 1. The third-order valence-electron chi connectivity index (χ3n) is 4.24. The smallest absolute Gasteiger partial charge is 0.230 e. The minimum absolute atomic E-state index is 0.0486. The molecule has 22 heavy (non-hydrogen) atoms. The second-order valence-corrected chi connectivity index (χ2v) is 5.72. The first kappa shape index (κ1) is 14.6. The normalized spacial score (nSPS) is 18.3. The lowest BCUT2D eigenvalue weighted by molar-refractivity contribution is -0.135. The molecule has 0 saturated carbocycles. The molecule has 1 amide bonds. The summed E-state index contributed by atoms with van der Waals surface area (Å²) < 4.78 is 5.28. The van der Waals surface area contributed by atoms with Crippen molar-refractivity contribution < 1.29 is 9.53 Å². The van der Waals surface area contributed by atoms with Crippen LogP contribution in [0, 0.1) is 0 Å². The number of methoxy groups -OCH3 is 1. The molecule has 0 aromatic heterocycles. The van der Waals surface area contributed by atoms with Crippen LogP contribution in [0.5, 0.6) is 5.75 Å². The lowest BCUT2D eigenvalue weighted by Crippen LogP contribution is -2.39. The Labute approximate surface area is 131 Å². The maximum absolute atomic E-state index is 12.8. The summed E-state index contributed by atoms with van der Waals surface area (Å²) in [4.78, 5) is 14.8. The molecule has 0 radical (unpaired) electrons. The Morgan fingerprint density at radius 1 is 1.14 bits per heavy atom. The first-order chi connectivity index (χ1) is 10.8. The van der Waals surface area contributed by atoms with Gasteiger partial charge < -0.3 is 9.64 Å². The van der Waals surface area contributed by atoms with Gasteiger partial charge in [0.15, 0.2) is 0 Å². The second-order valence-electron chi connectivity index (χ2n) is 5.72. The first-order valence-corrected chi connectivity index (χ1v) is 7.74. The number of nitrogens with zero attached hydrogens (tertiary/aromatic N) is 1. The molecule has 1 atom stereocenters. The minimum atomic E-state index is -0.0486. The Hall–Kier alpha value is -2.29. The van der Waals surface area contributed by atoms with Gasteiger partial charge in [0.25, 0.3) is 0 Å². The van der Waals surface area contributed by atoms with Crippen molar-refractivity contribution in [2.45, 2.75) is 25.3 Å². The third kappa shape index (κ3) is 3.14. The maximum atomic E-state index is 12.8. The van der Waals surface area contributed by atoms with Gasteiger partial charge in [-0.05, 0) is 36.1 Å². The highest BCUT2D eigenvalue weighted by Gasteiger charge is 2.30. The summed E-state index contributed by atoms with van der Waals surface area (Å²) in [5.74, 6) is 0.987. The average molecular weight is 295 g/mol. The molecule has 3 rings (SSSR count). The number of carbonyl (C=O) groups is 1.